The smallest absolute Gasteiger partial charge is 0.120 e. The van der Waals surface area contributed by atoms with Crippen molar-refractivity contribution in [3.8, 4) is 0 Å². The van der Waals surface area contributed by atoms with Gasteiger partial charge in [-0.15, -0.1) is 23.2 Å². The van der Waals surface area contributed by atoms with Gasteiger partial charge in [-0.3, -0.25) is 0 Å². The van der Waals surface area contributed by atoms with Crippen LogP contribution in [0.15, 0.2) is 29.5 Å². The standard InChI is InChI=1S/C8H9Cl2NO/c1-8(7(9)10)4-2-6(11-12)3-5-8/h2-5,7,12H,1H3. The minimum atomic E-state index is -0.495. The van der Waals surface area contributed by atoms with E-state index in [0.29, 0.717) is 5.71 Å². The van der Waals surface area contributed by atoms with Gasteiger partial charge in [0.2, 0.25) is 0 Å². The molecule has 1 N–H and O–H groups in total. The average molecular weight is 206 g/mol. The number of hydrogen-bond acceptors (Lipinski definition) is 2. The van der Waals surface area contributed by atoms with E-state index in [1.54, 1.807) is 12.2 Å². The Hall–Kier alpha value is -0.470. The van der Waals surface area contributed by atoms with Crippen molar-refractivity contribution in [1.29, 1.82) is 0 Å². The highest BCUT2D eigenvalue weighted by molar-refractivity contribution is 6.45. The molecule has 0 amide bonds. The molecule has 0 bridgehead atoms. The van der Waals surface area contributed by atoms with Crippen molar-refractivity contribution in [3.05, 3.63) is 24.3 Å². The quantitative estimate of drug-likeness (QED) is 0.399. The van der Waals surface area contributed by atoms with E-state index in [1.807, 2.05) is 19.1 Å². The Morgan fingerprint density at radius 3 is 2.25 bits per heavy atom. The van der Waals surface area contributed by atoms with E-state index in [1.165, 1.54) is 0 Å². The summed E-state index contributed by atoms with van der Waals surface area (Å²) in [7, 11) is 0. The van der Waals surface area contributed by atoms with Crippen LogP contribution in [-0.4, -0.2) is 15.8 Å². The maximum Gasteiger partial charge on any atom is 0.120 e. The molecular weight excluding hydrogens is 197 g/mol. The van der Waals surface area contributed by atoms with E-state index in [9.17, 15) is 0 Å². The van der Waals surface area contributed by atoms with E-state index in [2.05, 4.69) is 5.16 Å². The largest absolute Gasteiger partial charge is 0.410 e. The van der Waals surface area contributed by atoms with Gasteiger partial charge in [0, 0.05) is 5.41 Å². The van der Waals surface area contributed by atoms with Crippen LogP contribution in [0.25, 0.3) is 0 Å². The van der Waals surface area contributed by atoms with Crippen molar-refractivity contribution in [1.82, 2.24) is 0 Å². The van der Waals surface area contributed by atoms with Crippen LogP contribution in [-0.2, 0) is 0 Å². The van der Waals surface area contributed by atoms with Crippen LogP contribution >= 0.6 is 23.2 Å². The molecule has 66 valence electrons. The molecule has 0 aliphatic heterocycles. The second-order valence-electron chi connectivity index (χ2n) is 2.86. The number of allylic oxidation sites excluding steroid dienone is 4. The first-order valence-electron chi connectivity index (χ1n) is 3.47. The summed E-state index contributed by atoms with van der Waals surface area (Å²) in [5, 5.41) is 11.4. The van der Waals surface area contributed by atoms with Crippen LogP contribution in [0.1, 0.15) is 6.92 Å². The summed E-state index contributed by atoms with van der Waals surface area (Å²) >= 11 is 11.5. The third kappa shape index (κ3) is 1.82. The Balaban J connectivity index is 2.85. The van der Waals surface area contributed by atoms with Crippen molar-refractivity contribution >= 4 is 28.9 Å². The van der Waals surface area contributed by atoms with Crippen molar-refractivity contribution in [2.24, 2.45) is 10.6 Å². The second kappa shape index (κ2) is 3.50. The van der Waals surface area contributed by atoms with Crippen LogP contribution < -0.4 is 0 Å². The highest BCUT2D eigenvalue weighted by Crippen LogP contribution is 2.34. The zero-order valence-electron chi connectivity index (χ0n) is 6.54. The predicted molar refractivity (Wildman–Crippen MR) is 51.1 cm³/mol. The van der Waals surface area contributed by atoms with Crippen LogP contribution in [0.5, 0.6) is 0 Å². The zero-order chi connectivity index (χ0) is 9.19. The Kier molecular flexibility index (Phi) is 2.80. The lowest BCUT2D eigenvalue weighted by molar-refractivity contribution is 0.320. The Labute approximate surface area is 81.2 Å². The van der Waals surface area contributed by atoms with E-state index < -0.39 is 4.84 Å². The van der Waals surface area contributed by atoms with Gasteiger partial charge in [0.1, 0.15) is 10.5 Å². The van der Waals surface area contributed by atoms with Gasteiger partial charge in [-0.25, -0.2) is 0 Å². The van der Waals surface area contributed by atoms with Crippen LogP contribution in [0, 0.1) is 5.41 Å². The summed E-state index contributed by atoms with van der Waals surface area (Å²) in [5.41, 5.74) is 0.138. The highest BCUT2D eigenvalue weighted by Gasteiger charge is 2.27. The lowest BCUT2D eigenvalue weighted by Crippen LogP contribution is -2.21. The van der Waals surface area contributed by atoms with E-state index in [0.717, 1.165) is 0 Å². The molecular formula is C8H9Cl2NO. The summed E-state index contributed by atoms with van der Waals surface area (Å²) < 4.78 is 0. The molecule has 0 saturated carbocycles. The first kappa shape index (κ1) is 9.62. The summed E-state index contributed by atoms with van der Waals surface area (Å²) in [6, 6.07) is 0. The Bertz CT molecular complexity index is 240. The zero-order valence-corrected chi connectivity index (χ0v) is 8.05. The van der Waals surface area contributed by atoms with Crippen molar-refractivity contribution < 1.29 is 5.21 Å². The third-order valence-corrected chi connectivity index (χ3v) is 2.75. The fourth-order valence-electron chi connectivity index (χ4n) is 0.853. The highest BCUT2D eigenvalue weighted by atomic mass is 35.5. The molecule has 0 heterocycles. The monoisotopic (exact) mass is 205 g/mol. The molecule has 4 heteroatoms. The lowest BCUT2D eigenvalue weighted by Gasteiger charge is -2.25. The van der Waals surface area contributed by atoms with Gasteiger partial charge >= 0.3 is 0 Å². The molecule has 0 atom stereocenters. The van der Waals surface area contributed by atoms with Crippen molar-refractivity contribution in [2.75, 3.05) is 0 Å². The molecule has 0 aromatic rings. The predicted octanol–water partition coefficient (Wildman–Crippen LogP) is 2.75. The number of hydrogen-bond donors (Lipinski definition) is 1. The third-order valence-electron chi connectivity index (χ3n) is 1.81. The topological polar surface area (TPSA) is 32.6 Å². The average Bonchev–Trinajstić information content (AvgIpc) is 2.06. The molecule has 0 unspecified atom stereocenters. The molecule has 12 heavy (non-hydrogen) atoms. The Morgan fingerprint density at radius 2 is 1.92 bits per heavy atom. The summed E-state index contributed by atoms with van der Waals surface area (Å²) in [6.07, 6.45) is 6.98. The molecule has 1 rings (SSSR count). The fourth-order valence-corrected chi connectivity index (χ4v) is 1.14. The molecule has 0 spiro atoms. The number of nitrogens with zero attached hydrogens (tertiary/aromatic N) is 1. The molecule has 0 radical (unpaired) electrons. The van der Waals surface area contributed by atoms with Crippen LogP contribution in [0.4, 0.5) is 0 Å². The maximum absolute atomic E-state index is 8.42. The molecule has 0 aromatic carbocycles. The van der Waals surface area contributed by atoms with Gasteiger partial charge in [-0.05, 0) is 19.1 Å². The van der Waals surface area contributed by atoms with Gasteiger partial charge in [0.05, 0.1) is 0 Å². The molecule has 1 aliphatic rings. The molecule has 0 fully saturated rings. The molecule has 0 aromatic heterocycles. The second-order valence-corrected chi connectivity index (χ2v) is 3.95. The van der Waals surface area contributed by atoms with Crippen molar-refractivity contribution in [3.63, 3.8) is 0 Å². The summed E-state index contributed by atoms with van der Waals surface area (Å²) in [5.74, 6) is 0. The van der Waals surface area contributed by atoms with Gasteiger partial charge in [0.15, 0.2) is 0 Å². The minimum Gasteiger partial charge on any atom is -0.410 e. The minimum absolute atomic E-state index is 0.364. The fraction of sp³-hybridized carbons (Fsp3) is 0.375. The van der Waals surface area contributed by atoms with Gasteiger partial charge in [-0.2, -0.15) is 0 Å². The molecule has 0 saturated heterocycles. The van der Waals surface area contributed by atoms with E-state index in [4.69, 9.17) is 28.4 Å². The number of rotatable bonds is 1. The van der Waals surface area contributed by atoms with Crippen molar-refractivity contribution in [2.45, 2.75) is 11.8 Å². The Morgan fingerprint density at radius 1 is 1.42 bits per heavy atom. The molecule has 2 nitrogen and oxygen atoms in total. The maximum atomic E-state index is 8.42. The summed E-state index contributed by atoms with van der Waals surface area (Å²) in [6.45, 7) is 1.90. The number of halogens is 2. The van der Waals surface area contributed by atoms with Gasteiger partial charge in [0.25, 0.3) is 0 Å². The van der Waals surface area contributed by atoms with Gasteiger partial charge in [-0.1, -0.05) is 17.3 Å². The molecule has 1 aliphatic carbocycles. The van der Waals surface area contributed by atoms with E-state index >= 15 is 0 Å². The number of oxime groups is 1. The van der Waals surface area contributed by atoms with Crippen LogP contribution in [0.2, 0.25) is 0 Å². The first-order valence-corrected chi connectivity index (χ1v) is 4.34. The summed E-state index contributed by atoms with van der Waals surface area (Å²) in [4.78, 5) is -0.495. The first-order chi connectivity index (χ1) is 5.58. The van der Waals surface area contributed by atoms with E-state index in [-0.39, 0.29) is 5.41 Å². The van der Waals surface area contributed by atoms with Gasteiger partial charge < -0.3 is 5.21 Å². The normalized spacial score (nSPS) is 28.2. The SMILES string of the molecule is CC1(C(Cl)Cl)C=CC(=NO)C=C1. The van der Waals surface area contributed by atoms with Crippen LogP contribution in [0.3, 0.4) is 0 Å². The number of alkyl halides is 2. The lowest BCUT2D eigenvalue weighted by atomic mass is 9.88.